The second-order valence-electron chi connectivity index (χ2n) is 14.8. The highest BCUT2D eigenvalue weighted by Gasteiger charge is 2.52. The number of ether oxygens (including phenoxy) is 1. The van der Waals surface area contributed by atoms with Crippen LogP contribution in [0.5, 0.6) is 11.5 Å². The number of para-hydroxylation sites is 4. The van der Waals surface area contributed by atoms with Gasteiger partial charge in [-0.2, -0.15) is 0 Å². The summed E-state index contributed by atoms with van der Waals surface area (Å²) in [5, 5.41) is 4.56. The highest BCUT2D eigenvalue weighted by molar-refractivity contribution is 6.11. The van der Waals surface area contributed by atoms with Crippen molar-refractivity contribution < 1.29 is 9.15 Å². The number of furan rings is 1. The van der Waals surface area contributed by atoms with Gasteiger partial charge in [-0.15, -0.1) is 0 Å². The zero-order chi connectivity index (χ0) is 36.8. The van der Waals surface area contributed by atoms with E-state index in [1.165, 1.54) is 38.6 Å². The number of benzene rings is 9. The molecule has 9 aromatic carbocycles. The molecular formula is C53H33NO2. The molecule has 0 fully saturated rings. The van der Waals surface area contributed by atoms with E-state index in [4.69, 9.17) is 9.15 Å². The zero-order valence-corrected chi connectivity index (χ0v) is 30.3. The summed E-state index contributed by atoms with van der Waals surface area (Å²) in [7, 11) is 0. The minimum absolute atomic E-state index is 0.650. The summed E-state index contributed by atoms with van der Waals surface area (Å²) in [6.07, 6.45) is 0. The van der Waals surface area contributed by atoms with Crippen LogP contribution in [-0.4, -0.2) is 0 Å². The maximum atomic E-state index is 6.84. The lowest BCUT2D eigenvalue weighted by atomic mass is 9.65. The van der Waals surface area contributed by atoms with E-state index in [2.05, 4.69) is 199 Å². The molecular weight excluding hydrogens is 683 g/mol. The third-order valence-electron chi connectivity index (χ3n) is 11.9. The Hall–Kier alpha value is -7.36. The zero-order valence-electron chi connectivity index (χ0n) is 30.3. The number of fused-ring (bicyclic) bond motifs is 14. The number of hydrogen-bond acceptors (Lipinski definition) is 3. The van der Waals surface area contributed by atoms with Gasteiger partial charge in [-0.05, 0) is 81.1 Å². The second-order valence-corrected chi connectivity index (χ2v) is 14.8. The van der Waals surface area contributed by atoms with Crippen molar-refractivity contribution >= 4 is 49.8 Å². The van der Waals surface area contributed by atoms with Gasteiger partial charge >= 0.3 is 0 Å². The van der Waals surface area contributed by atoms with Crippen molar-refractivity contribution in [3.8, 4) is 33.8 Å². The molecule has 0 N–H and O–H groups in total. The Balaban J connectivity index is 1.21. The maximum Gasteiger partial charge on any atom is 0.159 e. The van der Waals surface area contributed by atoms with Gasteiger partial charge in [-0.25, -0.2) is 0 Å². The van der Waals surface area contributed by atoms with Gasteiger partial charge in [0.1, 0.15) is 17.1 Å². The topological polar surface area (TPSA) is 25.6 Å². The fourth-order valence-electron chi connectivity index (χ4n) is 9.65. The number of nitrogens with zero attached hydrogens (tertiary/aromatic N) is 1. The van der Waals surface area contributed by atoms with E-state index < -0.39 is 5.41 Å². The summed E-state index contributed by atoms with van der Waals surface area (Å²) < 4.78 is 13.6. The molecule has 2 heterocycles. The summed E-state index contributed by atoms with van der Waals surface area (Å²) in [4.78, 5) is 2.40. The van der Waals surface area contributed by atoms with Crippen LogP contribution in [0, 0.1) is 0 Å². The van der Waals surface area contributed by atoms with Crippen LogP contribution in [-0.2, 0) is 5.41 Å². The predicted molar refractivity (Wildman–Crippen MR) is 229 cm³/mol. The minimum atomic E-state index is -0.650. The molecule has 1 unspecified atom stereocenters. The van der Waals surface area contributed by atoms with E-state index in [1.54, 1.807) is 0 Å². The van der Waals surface area contributed by atoms with Crippen LogP contribution in [0.3, 0.4) is 0 Å². The molecule has 0 amide bonds. The summed E-state index contributed by atoms with van der Waals surface area (Å²) in [5.74, 6) is 1.76. The van der Waals surface area contributed by atoms with Crippen molar-refractivity contribution in [3.05, 3.63) is 222 Å². The molecule has 0 bridgehead atoms. The first-order valence-electron chi connectivity index (χ1n) is 19.2. The van der Waals surface area contributed by atoms with Crippen molar-refractivity contribution in [1.29, 1.82) is 0 Å². The molecule has 0 saturated carbocycles. The van der Waals surface area contributed by atoms with E-state index in [0.717, 1.165) is 67.2 Å². The molecule has 1 aromatic heterocycles. The summed E-state index contributed by atoms with van der Waals surface area (Å²) >= 11 is 0. The quantitative estimate of drug-likeness (QED) is 0.181. The highest BCUT2D eigenvalue weighted by Crippen LogP contribution is 2.64. The van der Waals surface area contributed by atoms with Gasteiger partial charge in [-0.3, -0.25) is 0 Å². The van der Waals surface area contributed by atoms with Gasteiger partial charge in [0, 0.05) is 33.2 Å². The highest BCUT2D eigenvalue weighted by atomic mass is 16.5. The van der Waals surface area contributed by atoms with Gasteiger partial charge in [0.05, 0.1) is 16.8 Å². The van der Waals surface area contributed by atoms with Crippen molar-refractivity contribution in [3.63, 3.8) is 0 Å². The van der Waals surface area contributed by atoms with E-state index in [0.29, 0.717) is 0 Å². The first kappa shape index (κ1) is 31.0. The van der Waals surface area contributed by atoms with Gasteiger partial charge in [0.15, 0.2) is 5.58 Å². The van der Waals surface area contributed by atoms with Crippen molar-refractivity contribution in [2.75, 3.05) is 4.90 Å². The van der Waals surface area contributed by atoms with E-state index in [1.807, 2.05) is 6.07 Å². The number of rotatable bonds is 4. The average Bonchev–Trinajstić information content (AvgIpc) is 3.78. The minimum Gasteiger partial charge on any atom is -0.457 e. The number of hydrogen-bond donors (Lipinski definition) is 0. The Morgan fingerprint density at radius 1 is 0.411 bits per heavy atom. The van der Waals surface area contributed by atoms with Gasteiger partial charge in [-0.1, -0.05) is 158 Å². The maximum absolute atomic E-state index is 6.84. The van der Waals surface area contributed by atoms with Gasteiger partial charge in [0.25, 0.3) is 0 Å². The van der Waals surface area contributed by atoms with Crippen molar-refractivity contribution in [2.45, 2.75) is 5.41 Å². The Labute approximate surface area is 324 Å². The normalized spacial score (nSPS) is 15.0. The molecule has 3 nitrogen and oxygen atoms in total. The summed E-state index contributed by atoms with van der Waals surface area (Å²) in [6, 6.07) is 71.9. The summed E-state index contributed by atoms with van der Waals surface area (Å²) in [5.41, 5.74) is 13.7. The molecule has 2 aliphatic rings. The van der Waals surface area contributed by atoms with Crippen LogP contribution in [0.2, 0.25) is 0 Å². The van der Waals surface area contributed by atoms with Crippen molar-refractivity contribution in [2.24, 2.45) is 0 Å². The monoisotopic (exact) mass is 715 g/mol. The molecule has 1 spiro atoms. The molecule has 0 radical (unpaired) electrons. The standard InChI is InChI=1S/C53H33NO2/c1-2-15-34(16-3-1)37-18-7-11-25-46(37)54(47-26-14-22-42-41-21-8-12-27-48(41)56-52(42)47)36-30-31-40-39-20-6-9-23-43(39)53(45(40)33-36)44-24-10-13-28-49(44)55-50-32-29-35-17-4-5-19-38(35)51(50)53/h1-33H. The lowest BCUT2D eigenvalue weighted by Crippen LogP contribution is -2.32. The van der Waals surface area contributed by atoms with Crippen LogP contribution in [0.15, 0.2) is 205 Å². The molecule has 3 heteroatoms. The fraction of sp³-hybridized carbons (Fsp3) is 0.0189. The van der Waals surface area contributed by atoms with E-state index in [9.17, 15) is 0 Å². The first-order valence-corrected chi connectivity index (χ1v) is 19.2. The van der Waals surface area contributed by atoms with Crippen LogP contribution in [0.25, 0.3) is 55.0 Å². The molecule has 12 rings (SSSR count). The lowest BCUT2D eigenvalue weighted by Gasteiger charge is -2.40. The third kappa shape index (κ3) is 4.22. The Bertz CT molecular complexity index is 3200. The second kappa shape index (κ2) is 11.8. The van der Waals surface area contributed by atoms with Crippen LogP contribution >= 0.6 is 0 Å². The fourth-order valence-corrected chi connectivity index (χ4v) is 9.65. The summed E-state index contributed by atoms with van der Waals surface area (Å²) in [6.45, 7) is 0. The first-order chi connectivity index (χ1) is 27.8. The van der Waals surface area contributed by atoms with Gasteiger partial charge in [0.2, 0.25) is 0 Å². The lowest BCUT2D eigenvalue weighted by molar-refractivity contribution is 0.438. The van der Waals surface area contributed by atoms with E-state index in [-0.39, 0.29) is 0 Å². The van der Waals surface area contributed by atoms with Gasteiger partial charge < -0.3 is 14.1 Å². The average molecular weight is 716 g/mol. The molecule has 1 atom stereocenters. The molecule has 56 heavy (non-hydrogen) atoms. The smallest absolute Gasteiger partial charge is 0.159 e. The predicted octanol–water partition coefficient (Wildman–Crippen LogP) is 14.3. The Morgan fingerprint density at radius 2 is 1.09 bits per heavy atom. The molecule has 1 aliphatic carbocycles. The molecule has 1 aliphatic heterocycles. The van der Waals surface area contributed by atoms with Crippen molar-refractivity contribution in [1.82, 2.24) is 0 Å². The van der Waals surface area contributed by atoms with Crippen LogP contribution in [0.1, 0.15) is 22.3 Å². The van der Waals surface area contributed by atoms with E-state index >= 15 is 0 Å². The SMILES string of the molecule is c1ccc(-c2ccccc2N(c2ccc3c(c2)C2(c4ccccc4Oc4ccc5ccccc5c42)c2ccccc2-3)c2cccc3c2oc2ccccc23)cc1. The largest absolute Gasteiger partial charge is 0.457 e. The Kier molecular flexibility index (Phi) is 6.55. The number of anilines is 3. The Morgan fingerprint density at radius 3 is 2.00 bits per heavy atom. The van der Waals surface area contributed by atoms with Crippen LogP contribution in [0.4, 0.5) is 17.1 Å². The molecule has 0 saturated heterocycles. The van der Waals surface area contributed by atoms with Crippen LogP contribution < -0.4 is 9.64 Å². The third-order valence-corrected chi connectivity index (χ3v) is 11.9. The molecule has 262 valence electrons. The molecule has 10 aromatic rings.